The third-order valence-corrected chi connectivity index (χ3v) is 5.13. The number of ether oxygens (including phenoxy) is 3. The predicted octanol–water partition coefficient (Wildman–Crippen LogP) is 6.19. The topological polar surface area (TPSA) is 181 Å². The average molecular weight is 655 g/mol. The Hall–Kier alpha value is -4.76. The lowest BCUT2D eigenvalue weighted by Crippen LogP contribution is -2.45. The minimum Gasteiger partial charge on any atom is -0.490 e. The largest absolute Gasteiger partial charge is 0.490 e. The molecule has 0 atom stereocenters. The highest BCUT2D eigenvalue weighted by Gasteiger charge is 2.31. The van der Waals surface area contributed by atoms with Crippen molar-refractivity contribution < 1.29 is 47.3 Å². The van der Waals surface area contributed by atoms with Gasteiger partial charge in [-0.1, -0.05) is 0 Å². The van der Waals surface area contributed by atoms with Crippen LogP contribution < -0.4 is 30.3 Å². The minimum atomic E-state index is -1.17. The number of carboxylic acid groups (broad SMARTS) is 1. The van der Waals surface area contributed by atoms with E-state index in [1.165, 1.54) is 38.4 Å². The van der Waals surface area contributed by atoms with Crippen LogP contribution in [0.1, 0.15) is 68.2 Å². The summed E-state index contributed by atoms with van der Waals surface area (Å²) >= 11 is 0. The molecule has 4 amide bonds. The summed E-state index contributed by atoms with van der Waals surface area (Å²) in [5.74, 6) is 0.310. The van der Waals surface area contributed by atoms with E-state index in [0.29, 0.717) is 0 Å². The van der Waals surface area contributed by atoms with E-state index >= 15 is 0 Å². The highest BCUT2D eigenvalue weighted by molar-refractivity contribution is 5.93. The van der Waals surface area contributed by atoms with Crippen molar-refractivity contribution in [3.63, 3.8) is 0 Å². The predicted molar refractivity (Wildman–Crippen MR) is 169 cm³/mol. The fourth-order valence-electron chi connectivity index (χ4n) is 3.51. The van der Waals surface area contributed by atoms with Crippen LogP contribution in [0.25, 0.3) is 0 Å². The van der Waals surface area contributed by atoms with Gasteiger partial charge < -0.3 is 30.0 Å². The van der Waals surface area contributed by atoms with E-state index in [9.17, 15) is 33.1 Å². The molecular weight excluding hydrogens is 610 g/mol. The summed E-state index contributed by atoms with van der Waals surface area (Å²) in [5.41, 5.74) is -0.898. The molecule has 0 aliphatic carbocycles. The van der Waals surface area contributed by atoms with E-state index in [1.54, 1.807) is 41.5 Å². The highest BCUT2D eigenvalue weighted by Crippen LogP contribution is 2.35. The summed E-state index contributed by atoms with van der Waals surface area (Å²) in [6.45, 7) is 12.3. The van der Waals surface area contributed by atoms with E-state index in [-0.39, 0.29) is 72.4 Å². The van der Waals surface area contributed by atoms with Gasteiger partial charge in [-0.2, -0.15) is 0 Å². The zero-order valence-corrected chi connectivity index (χ0v) is 27.5. The van der Waals surface area contributed by atoms with Crippen LogP contribution in [-0.2, 0) is 14.3 Å². The maximum Gasteiger partial charge on any atom is 0.412 e. The molecule has 0 aliphatic heterocycles. The van der Waals surface area contributed by atoms with Gasteiger partial charge in [0.25, 0.3) is 0 Å². The first kappa shape index (κ1) is 39.3. The van der Waals surface area contributed by atoms with Gasteiger partial charge in [0.05, 0.1) is 50.3 Å². The molecule has 2 aromatic rings. The number of carbonyl (C=O) groups is 4. The number of aromatic nitrogens is 2. The molecule has 2 heterocycles. The number of carbonyl (C=O) groups excluding carboxylic acids is 3. The molecule has 0 bridgehead atoms. The summed E-state index contributed by atoms with van der Waals surface area (Å²) in [5, 5.41) is 17.1. The van der Waals surface area contributed by atoms with E-state index in [2.05, 4.69) is 25.9 Å². The summed E-state index contributed by atoms with van der Waals surface area (Å²) < 4.78 is 40.4. The fraction of sp³-hybridized carbons (Fsp3) is 0.533. The molecule has 46 heavy (non-hydrogen) atoms. The lowest BCUT2D eigenvalue weighted by atomic mass is 10.1. The van der Waals surface area contributed by atoms with Crippen molar-refractivity contribution in [3.8, 4) is 11.5 Å². The number of hydrogen-bond donors (Lipinski definition) is 4. The molecule has 2 rings (SSSR count). The first-order chi connectivity index (χ1) is 21.4. The SMILES string of the molecule is CC(=O)Nc1cc(N(C(=O)O)C(C)(C)C)c(OCCCF)cn1.CC(=O)Nc1cc(NC(=O)OC(C)(C)C)c(OCCCF)cn1. The number of alkyl halides is 2. The molecule has 2 aromatic heterocycles. The Kier molecular flexibility index (Phi) is 15.6. The van der Waals surface area contributed by atoms with Crippen molar-refractivity contribution in [2.75, 3.05) is 47.4 Å². The van der Waals surface area contributed by atoms with Gasteiger partial charge >= 0.3 is 12.2 Å². The van der Waals surface area contributed by atoms with Gasteiger partial charge in [0, 0.05) is 44.4 Å². The summed E-state index contributed by atoms with van der Waals surface area (Å²) in [6, 6.07) is 2.86. The molecule has 0 fully saturated rings. The van der Waals surface area contributed by atoms with Crippen molar-refractivity contribution in [1.82, 2.24) is 9.97 Å². The number of hydrogen-bond acceptors (Lipinski definition) is 9. The molecule has 0 aliphatic rings. The van der Waals surface area contributed by atoms with Crippen LogP contribution >= 0.6 is 0 Å². The molecule has 14 nitrogen and oxygen atoms in total. The van der Waals surface area contributed by atoms with Gasteiger partial charge in [0.1, 0.15) is 17.2 Å². The van der Waals surface area contributed by atoms with Crippen LogP contribution in [0.3, 0.4) is 0 Å². The van der Waals surface area contributed by atoms with Gasteiger partial charge in [0.15, 0.2) is 11.5 Å². The maximum atomic E-state index is 12.2. The van der Waals surface area contributed by atoms with Crippen LogP contribution in [0.2, 0.25) is 0 Å². The third kappa shape index (κ3) is 14.8. The monoisotopic (exact) mass is 654 g/mol. The number of amides is 4. The molecule has 16 heteroatoms. The molecule has 0 unspecified atom stereocenters. The van der Waals surface area contributed by atoms with Crippen LogP contribution in [0, 0.1) is 0 Å². The smallest absolute Gasteiger partial charge is 0.412 e. The molecule has 0 aromatic carbocycles. The van der Waals surface area contributed by atoms with Gasteiger partial charge in [-0.05, 0) is 41.5 Å². The molecule has 0 saturated carbocycles. The number of pyridine rings is 2. The molecule has 256 valence electrons. The van der Waals surface area contributed by atoms with Crippen LogP contribution in [-0.4, -0.2) is 76.8 Å². The number of anilines is 4. The van der Waals surface area contributed by atoms with Crippen molar-refractivity contribution in [2.24, 2.45) is 0 Å². The van der Waals surface area contributed by atoms with Crippen LogP contribution in [0.15, 0.2) is 24.5 Å². The Morgan fingerprint density at radius 2 is 1.28 bits per heavy atom. The number of rotatable bonds is 12. The fourth-order valence-corrected chi connectivity index (χ4v) is 3.51. The second-order valence-corrected chi connectivity index (χ2v) is 11.7. The third-order valence-electron chi connectivity index (χ3n) is 5.13. The number of nitrogens with zero attached hydrogens (tertiary/aromatic N) is 3. The molecule has 0 saturated heterocycles. The van der Waals surface area contributed by atoms with Gasteiger partial charge in [-0.3, -0.25) is 28.6 Å². The number of halogens is 2. The zero-order chi connectivity index (χ0) is 35.1. The van der Waals surface area contributed by atoms with E-state index in [4.69, 9.17) is 14.2 Å². The van der Waals surface area contributed by atoms with Crippen molar-refractivity contribution in [3.05, 3.63) is 24.5 Å². The standard InChI is InChI=1S/2C15H22FN3O4/c1-10(20)18-13-8-11(19-14(21)23-15(2,3)4)12(9-17-13)22-7-5-6-16;1-10(20)18-13-8-11(19(14(21)22)15(2,3)4)12(9-17-13)23-7-5-6-16/h8-9H,5-7H2,1-4H3,(H2,17,18,19,20,21);8-9H,5-7H2,1-4H3,(H,21,22)(H,17,18,20). The van der Waals surface area contributed by atoms with Gasteiger partial charge in [0.2, 0.25) is 11.8 Å². The van der Waals surface area contributed by atoms with Gasteiger partial charge in [-0.25, -0.2) is 19.6 Å². The quantitative estimate of drug-likeness (QED) is 0.193. The highest BCUT2D eigenvalue weighted by atomic mass is 19.1. The second-order valence-electron chi connectivity index (χ2n) is 11.7. The summed E-state index contributed by atoms with van der Waals surface area (Å²) in [4.78, 5) is 54.9. The van der Waals surface area contributed by atoms with Crippen molar-refractivity contribution >= 4 is 47.0 Å². The van der Waals surface area contributed by atoms with Crippen molar-refractivity contribution in [2.45, 2.75) is 79.4 Å². The molecule has 0 spiro atoms. The zero-order valence-electron chi connectivity index (χ0n) is 27.5. The number of nitrogens with one attached hydrogen (secondary N) is 3. The Bertz CT molecular complexity index is 1330. The Labute approximate surface area is 267 Å². The van der Waals surface area contributed by atoms with E-state index in [1.807, 2.05) is 0 Å². The minimum absolute atomic E-state index is 0.0995. The van der Waals surface area contributed by atoms with Crippen LogP contribution in [0.4, 0.5) is 41.4 Å². The molecule has 4 N–H and O–H groups in total. The Morgan fingerprint density at radius 3 is 1.72 bits per heavy atom. The van der Waals surface area contributed by atoms with Gasteiger partial charge in [-0.15, -0.1) is 0 Å². The maximum absolute atomic E-state index is 12.2. The van der Waals surface area contributed by atoms with E-state index < -0.39 is 36.7 Å². The summed E-state index contributed by atoms with van der Waals surface area (Å²) in [7, 11) is 0. The summed E-state index contributed by atoms with van der Waals surface area (Å²) in [6.07, 6.45) is 1.23. The second kappa shape index (κ2) is 18.3. The molecule has 0 radical (unpaired) electrons. The van der Waals surface area contributed by atoms with Crippen LogP contribution in [0.5, 0.6) is 11.5 Å². The lowest BCUT2D eigenvalue weighted by Gasteiger charge is -2.34. The first-order valence-electron chi connectivity index (χ1n) is 14.3. The molecular formula is C30H44F2N6O8. The first-order valence-corrected chi connectivity index (χ1v) is 14.3. The average Bonchev–Trinajstić information content (AvgIpc) is 2.89. The Morgan fingerprint density at radius 1 is 0.804 bits per heavy atom. The van der Waals surface area contributed by atoms with Crippen molar-refractivity contribution in [1.29, 1.82) is 0 Å². The van der Waals surface area contributed by atoms with E-state index in [0.717, 1.165) is 4.90 Å². The lowest BCUT2D eigenvalue weighted by molar-refractivity contribution is -0.115. The Balaban J connectivity index is 0.000000460. The normalized spacial score (nSPS) is 10.9.